The molecule has 1 saturated carbocycles. The number of carbonyl (C=O) groups excluding carboxylic acids is 1. The highest BCUT2D eigenvalue weighted by atomic mass is 16.5. The first kappa shape index (κ1) is 21.3. The van der Waals surface area contributed by atoms with Gasteiger partial charge in [0.1, 0.15) is 5.75 Å². The van der Waals surface area contributed by atoms with Crippen molar-refractivity contribution in [3.8, 4) is 17.0 Å². The largest absolute Gasteiger partial charge is 0.496 e. The molecular weight excluding hydrogens is 386 g/mol. The number of nitrogens with one attached hydrogen (secondary N) is 2. The first-order chi connectivity index (χ1) is 15.2. The van der Waals surface area contributed by atoms with Gasteiger partial charge in [0.2, 0.25) is 0 Å². The molecule has 2 aromatic carbocycles. The van der Waals surface area contributed by atoms with Crippen LogP contribution in [0, 0.1) is 11.8 Å². The molecule has 0 saturated heterocycles. The van der Waals surface area contributed by atoms with Crippen LogP contribution in [0.5, 0.6) is 5.75 Å². The van der Waals surface area contributed by atoms with E-state index >= 15 is 0 Å². The van der Waals surface area contributed by atoms with Gasteiger partial charge in [0.25, 0.3) is 5.91 Å². The van der Waals surface area contributed by atoms with Crippen LogP contribution in [0.1, 0.15) is 36.0 Å². The third-order valence-electron chi connectivity index (χ3n) is 6.35. The zero-order valence-corrected chi connectivity index (χ0v) is 18.4. The van der Waals surface area contributed by atoms with E-state index in [-0.39, 0.29) is 5.91 Å². The Bertz CT molecular complexity index is 1040. The normalized spacial score (nSPS) is 18.6. The second-order valence-electron chi connectivity index (χ2n) is 8.43. The van der Waals surface area contributed by atoms with Gasteiger partial charge in [-0.1, -0.05) is 30.3 Å². The third kappa shape index (κ3) is 4.88. The molecule has 0 aliphatic heterocycles. The average Bonchev–Trinajstić information content (AvgIpc) is 2.83. The van der Waals surface area contributed by atoms with Crippen molar-refractivity contribution in [2.24, 2.45) is 11.8 Å². The lowest BCUT2D eigenvalue weighted by Crippen LogP contribution is -2.32. The van der Waals surface area contributed by atoms with Crippen LogP contribution >= 0.6 is 0 Å². The number of aromatic nitrogens is 1. The molecule has 5 nitrogen and oxygen atoms in total. The van der Waals surface area contributed by atoms with Crippen LogP contribution in [0.4, 0.5) is 0 Å². The van der Waals surface area contributed by atoms with Crippen molar-refractivity contribution < 1.29 is 9.53 Å². The molecule has 31 heavy (non-hydrogen) atoms. The smallest absolute Gasteiger partial charge is 0.252 e. The molecular formula is C26H31N3O2. The van der Waals surface area contributed by atoms with Gasteiger partial charge in [-0.05, 0) is 75.4 Å². The molecule has 0 radical (unpaired) electrons. The first-order valence-electron chi connectivity index (χ1n) is 11.2. The highest BCUT2D eigenvalue weighted by molar-refractivity contribution is 6.07. The summed E-state index contributed by atoms with van der Waals surface area (Å²) in [5.41, 5.74) is 3.10. The van der Waals surface area contributed by atoms with Gasteiger partial charge in [-0.15, -0.1) is 0 Å². The van der Waals surface area contributed by atoms with Crippen molar-refractivity contribution in [1.29, 1.82) is 0 Å². The number of benzene rings is 2. The van der Waals surface area contributed by atoms with Gasteiger partial charge >= 0.3 is 0 Å². The molecule has 4 rings (SSSR count). The second-order valence-corrected chi connectivity index (χ2v) is 8.43. The summed E-state index contributed by atoms with van der Waals surface area (Å²) in [6.45, 7) is 1.82. The lowest BCUT2D eigenvalue weighted by Gasteiger charge is -2.28. The quantitative estimate of drug-likeness (QED) is 0.587. The molecule has 1 aliphatic rings. The molecule has 0 spiro atoms. The number of hydrogen-bond acceptors (Lipinski definition) is 4. The highest BCUT2D eigenvalue weighted by Gasteiger charge is 2.22. The Morgan fingerprint density at radius 2 is 1.68 bits per heavy atom. The van der Waals surface area contributed by atoms with E-state index in [9.17, 15) is 4.79 Å². The molecule has 3 aromatic rings. The Labute approximate surface area is 184 Å². The summed E-state index contributed by atoms with van der Waals surface area (Å²) in [6, 6.07) is 17.5. The Hall–Kier alpha value is -2.92. The third-order valence-corrected chi connectivity index (χ3v) is 6.35. The molecule has 0 unspecified atom stereocenters. The second kappa shape index (κ2) is 9.92. The topological polar surface area (TPSA) is 63.2 Å². The number of nitrogens with zero attached hydrogens (tertiary/aromatic N) is 1. The van der Waals surface area contributed by atoms with Crippen LogP contribution in [0.25, 0.3) is 22.2 Å². The number of rotatable bonds is 7. The number of pyridine rings is 1. The minimum Gasteiger partial charge on any atom is -0.496 e. The van der Waals surface area contributed by atoms with Crippen molar-refractivity contribution in [2.45, 2.75) is 25.7 Å². The Morgan fingerprint density at radius 1 is 1.00 bits per heavy atom. The number of carbonyl (C=O) groups is 1. The number of methoxy groups -OCH3 is 1. The van der Waals surface area contributed by atoms with E-state index in [2.05, 4.69) is 10.6 Å². The molecule has 2 N–H and O–H groups in total. The first-order valence-corrected chi connectivity index (χ1v) is 11.2. The standard InChI is InChI=1S/C26H31N3O2/c1-27-16-18-11-13-19(14-12-18)17-28-26(30)22-15-24(21-8-4-6-10-25(21)31-2)29-23-9-5-3-7-20(22)23/h3-10,15,18-19,27H,11-14,16-17H2,1-2H3,(H,28,30). The summed E-state index contributed by atoms with van der Waals surface area (Å²) in [5, 5.41) is 7.36. The maximum atomic E-state index is 13.2. The number of amides is 1. The van der Waals surface area contributed by atoms with E-state index in [0.29, 0.717) is 11.5 Å². The van der Waals surface area contributed by atoms with Crippen LogP contribution in [0.2, 0.25) is 0 Å². The van der Waals surface area contributed by atoms with E-state index < -0.39 is 0 Å². The molecule has 1 aliphatic carbocycles. The van der Waals surface area contributed by atoms with E-state index in [1.54, 1.807) is 7.11 Å². The summed E-state index contributed by atoms with van der Waals surface area (Å²) in [5.74, 6) is 2.03. The molecule has 1 aromatic heterocycles. The monoisotopic (exact) mass is 417 g/mol. The van der Waals surface area contributed by atoms with E-state index in [1.807, 2.05) is 61.6 Å². The van der Waals surface area contributed by atoms with Crippen LogP contribution in [-0.4, -0.2) is 38.1 Å². The highest BCUT2D eigenvalue weighted by Crippen LogP contribution is 2.32. The van der Waals surface area contributed by atoms with Gasteiger partial charge in [-0.3, -0.25) is 4.79 Å². The lowest BCUT2D eigenvalue weighted by molar-refractivity contribution is 0.0943. The van der Waals surface area contributed by atoms with Crippen molar-refractivity contribution in [1.82, 2.24) is 15.6 Å². The predicted octanol–water partition coefficient (Wildman–Crippen LogP) is 4.67. The SMILES string of the molecule is CNCC1CCC(CNC(=O)c2cc(-c3ccccc3OC)nc3ccccc23)CC1. The average molecular weight is 418 g/mol. The Balaban J connectivity index is 1.56. The van der Waals surface area contributed by atoms with Crippen LogP contribution in [0.15, 0.2) is 54.6 Å². The molecule has 1 fully saturated rings. The van der Waals surface area contributed by atoms with Crippen molar-refractivity contribution in [3.05, 3.63) is 60.2 Å². The maximum Gasteiger partial charge on any atom is 0.252 e. The maximum absolute atomic E-state index is 13.2. The minimum atomic E-state index is -0.0351. The predicted molar refractivity (Wildman–Crippen MR) is 125 cm³/mol. The van der Waals surface area contributed by atoms with Crippen LogP contribution in [-0.2, 0) is 0 Å². The zero-order chi connectivity index (χ0) is 21.6. The summed E-state index contributed by atoms with van der Waals surface area (Å²) in [6.07, 6.45) is 4.82. The van der Waals surface area contributed by atoms with E-state index in [0.717, 1.165) is 46.9 Å². The Morgan fingerprint density at radius 3 is 2.42 bits per heavy atom. The molecule has 5 heteroatoms. The number of ether oxygens (including phenoxy) is 1. The molecule has 0 bridgehead atoms. The zero-order valence-electron chi connectivity index (χ0n) is 18.4. The van der Waals surface area contributed by atoms with Gasteiger partial charge in [0, 0.05) is 17.5 Å². The number of fused-ring (bicyclic) bond motifs is 1. The fourth-order valence-electron chi connectivity index (χ4n) is 4.62. The van der Waals surface area contributed by atoms with Gasteiger partial charge in [0.05, 0.1) is 23.9 Å². The van der Waals surface area contributed by atoms with E-state index in [4.69, 9.17) is 9.72 Å². The van der Waals surface area contributed by atoms with Gasteiger partial charge in [-0.25, -0.2) is 4.98 Å². The summed E-state index contributed by atoms with van der Waals surface area (Å²) in [4.78, 5) is 18.0. The molecule has 1 amide bonds. The van der Waals surface area contributed by atoms with Crippen molar-refractivity contribution in [3.63, 3.8) is 0 Å². The molecule has 1 heterocycles. The van der Waals surface area contributed by atoms with Gasteiger partial charge in [-0.2, -0.15) is 0 Å². The van der Waals surface area contributed by atoms with Crippen molar-refractivity contribution >= 4 is 16.8 Å². The molecule has 0 atom stereocenters. The summed E-state index contributed by atoms with van der Waals surface area (Å²) < 4.78 is 5.52. The van der Waals surface area contributed by atoms with Crippen molar-refractivity contribution in [2.75, 3.05) is 27.2 Å². The van der Waals surface area contributed by atoms with E-state index in [1.165, 1.54) is 25.7 Å². The fourth-order valence-corrected chi connectivity index (χ4v) is 4.62. The number of hydrogen-bond donors (Lipinski definition) is 2. The number of para-hydroxylation sites is 2. The fraction of sp³-hybridized carbons (Fsp3) is 0.385. The van der Waals surface area contributed by atoms with Gasteiger partial charge < -0.3 is 15.4 Å². The lowest BCUT2D eigenvalue weighted by atomic mass is 9.82. The molecule has 162 valence electrons. The van der Waals surface area contributed by atoms with Gasteiger partial charge in [0.15, 0.2) is 0 Å². The Kier molecular flexibility index (Phi) is 6.82. The summed E-state index contributed by atoms with van der Waals surface area (Å²) >= 11 is 0. The van der Waals surface area contributed by atoms with Crippen LogP contribution < -0.4 is 15.4 Å². The summed E-state index contributed by atoms with van der Waals surface area (Å²) in [7, 11) is 3.67. The van der Waals surface area contributed by atoms with Crippen LogP contribution in [0.3, 0.4) is 0 Å². The minimum absolute atomic E-state index is 0.0351.